The molecule has 1 aliphatic rings. The van der Waals surface area contributed by atoms with Crippen molar-refractivity contribution in [2.75, 3.05) is 26.0 Å². The van der Waals surface area contributed by atoms with Crippen molar-refractivity contribution in [3.8, 4) is 11.5 Å². The van der Waals surface area contributed by atoms with E-state index in [4.69, 9.17) is 21.1 Å². The van der Waals surface area contributed by atoms with Crippen LogP contribution in [0.3, 0.4) is 0 Å². The van der Waals surface area contributed by atoms with Crippen LogP contribution in [0.15, 0.2) is 17.0 Å². The highest BCUT2D eigenvalue weighted by atomic mass is 35.5. The predicted molar refractivity (Wildman–Crippen MR) is 80.3 cm³/mol. The van der Waals surface area contributed by atoms with Crippen molar-refractivity contribution in [2.45, 2.75) is 17.9 Å². The van der Waals surface area contributed by atoms with E-state index < -0.39 is 9.84 Å². The molecule has 0 saturated heterocycles. The van der Waals surface area contributed by atoms with Crippen LogP contribution in [0, 0.1) is 0 Å². The highest BCUT2D eigenvalue weighted by molar-refractivity contribution is 7.90. The monoisotopic (exact) mass is 341 g/mol. The molecule has 0 bridgehead atoms. The van der Waals surface area contributed by atoms with Crippen LogP contribution in [0.25, 0.3) is 0 Å². The van der Waals surface area contributed by atoms with E-state index >= 15 is 0 Å². The minimum Gasteiger partial charge on any atom is -0.484 e. The Hall–Kier alpha value is -0.690. The molecule has 20 heavy (non-hydrogen) atoms. The van der Waals surface area contributed by atoms with E-state index in [1.807, 2.05) is 6.92 Å². The van der Waals surface area contributed by atoms with Crippen molar-refractivity contribution >= 4 is 33.8 Å². The van der Waals surface area contributed by atoms with E-state index in [0.717, 1.165) is 12.8 Å². The Morgan fingerprint density at radius 1 is 1.45 bits per heavy atom. The van der Waals surface area contributed by atoms with Crippen LogP contribution in [-0.2, 0) is 9.84 Å². The minimum atomic E-state index is -3.33. The number of ether oxygens (including phenoxy) is 2. The van der Waals surface area contributed by atoms with Crippen LogP contribution in [-0.4, -0.2) is 40.5 Å². The van der Waals surface area contributed by atoms with Gasteiger partial charge in [-0.25, -0.2) is 8.42 Å². The SMILES string of the molecule is CCNC[C@H]1COc2c(Cl)cc(S(C)(=O)=O)cc2O1.Cl. The van der Waals surface area contributed by atoms with Crippen LogP contribution in [0.5, 0.6) is 11.5 Å². The Morgan fingerprint density at radius 3 is 2.75 bits per heavy atom. The quantitative estimate of drug-likeness (QED) is 0.906. The highest BCUT2D eigenvalue weighted by Gasteiger charge is 2.25. The molecule has 1 atom stereocenters. The van der Waals surface area contributed by atoms with Gasteiger partial charge in [-0.2, -0.15) is 0 Å². The summed E-state index contributed by atoms with van der Waals surface area (Å²) in [6, 6.07) is 2.83. The molecule has 0 unspecified atom stereocenters. The first-order valence-electron chi connectivity index (χ1n) is 5.95. The van der Waals surface area contributed by atoms with Gasteiger partial charge in [0, 0.05) is 18.9 Å². The molecule has 0 amide bonds. The van der Waals surface area contributed by atoms with Crippen molar-refractivity contribution in [1.29, 1.82) is 0 Å². The third-order valence-corrected chi connectivity index (χ3v) is 4.11. The fraction of sp³-hybridized carbons (Fsp3) is 0.500. The number of fused-ring (bicyclic) bond motifs is 1. The van der Waals surface area contributed by atoms with Gasteiger partial charge >= 0.3 is 0 Å². The third-order valence-electron chi connectivity index (χ3n) is 2.74. The standard InChI is InChI=1S/C12H16ClNO4S.ClH/c1-3-14-6-8-7-17-12-10(13)4-9(19(2,15)16)5-11(12)18-8;/h4-5,8,14H,3,6-7H2,1-2H3;1H/t8-;/m0./s1. The first-order valence-corrected chi connectivity index (χ1v) is 8.22. The average Bonchev–Trinajstić information content (AvgIpc) is 2.34. The van der Waals surface area contributed by atoms with E-state index in [1.165, 1.54) is 12.1 Å². The fourth-order valence-corrected chi connectivity index (χ4v) is 2.76. The Labute approximate surface area is 129 Å². The van der Waals surface area contributed by atoms with E-state index in [1.54, 1.807) is 0 Å². The maximum absolute atomic E-state index is 11.6. The fourth-order valence-electron chi connectivity index (χ4n) is 1.78. The van der Waals surface area contributed by atoms with Crippen molar-refractivity contribution in [1.82, 2.24) is 5.32 Å². The number of benzene rings is 1. The van der Waals surface area contributed by atoms with Crippen LogP contribution < -0.4 is 14.8 Å². The summed E-state index contributed by atoms with van der Waals surface area (Å²) in [6.07, 6.45) is 0.975. The van der Waals surface area contributed by atoms with Gasteiger partial charge in [0.2, 0.25) is 0 Å². The lowest BCUT2D eigenvalue weighted by Crippen LogP contribution is -2.38. The first kappa shape index (κ1) is 17.4. The molecule has 1 heterocycles. The summed E-state index contributed by atoms with van der Waals surface area (Å²) in [7, 11) is -3.33. The summed E-state index contributed by atoms with van der Waals surface area (Å²) in [6.45, 7) is 3.85. The first-order chi connectivity index (χ1) is 8.91. The van der Waals surface area contributed by atoms with Gasteiger partial charge < -0.3 is 14.8 Å². The summed E-state index contributed by atoms with van der Waals surface area (Å²) in [5, 5.41) is 3.40. The normalized spacial score (nSPS) is 17.4. The van der Waals surface area contributed by atoms with Gasteiger partial charge in [-0.3, -0.25) is 0 Å². The van der Waals surface area contributed by atoms with Gasteiger partial charge in [0.15, 0.2) is 21.3 Å². The number of hydrogen-bond acceptors (Lipinski definition) is 5. The van der Waals surface area contributed by atoms with E-state index in [2.05, 4.69) is 5.32 Å². The lowest BCUT2D eigenvalue weighted by molar-refractivity contribution is 0.0906. The van der Waals surface area contributed by atoms with Gasteiger partial charge in [0.1, 0.15) is 12.7 Å². The zero-order valence-electron chi connectivity index (χ0n) is 11.2. The molecule has 2 rings (SSSR count). The van der Waals surface area contributed by atoms with E-state index in [9.17, 15) is 8.42 Å². The molecule has 0 fully saturated rings. The molecule has 1 aromatic rings. The molecule has 0 saturated carbocycles. The summed E-state index contributed by atoms with van der Waals surface area (Å²) >= 11 is 6.02. The van der Waals surface area contributed by atoms with Gasteiger partial charge in [-0.1, -0.05) is 18.5 Å². The maximum atomic E-state index is 11.6. The van der Waals surface area contributed by atoms with E-state index in [-0.39, 0.29) is 28.4 Å². The van der Waals surface area contributed by atoms with Crippen molar-refractivity contribution in [3.63, 3.8) is 0 Å². The number of nitrogens with one attached hydrogen (secondary N) is 1. The smallest absolute Gasteiger partial charge is 0.180 e. The van der Waals surface area contributed by atoms with Crippen molar-refractivity contribution in [3.05, 3.63) is 17.2 Å². The highest BCUT2D eigenvalue weighted by Crippen LogP contribution is 2.40. The second-order valence-corrected chi connectivity index (χ2v) is 6.79. The van der Waals surface area contributed by atoms with Gasteiger partial charge in [0.25, 0.3) is 0 Å². The van der Waals surface area contributed by atoms with Crippen LogP contribution in [0.2, 0.25) is 5.02 Å². The summed E-state index contributed by atoms with van der Waals surface area (Å²) in [4.78, 5) is 0.129. The van der Waals surface area contributed by atoms with Gasteiger partial charge in [0.05, 0.1) is 9.92 Å². The molecular weight excluding hydrogens is 325 g/mol. The number of likely N-dealkylation sites (N-methyl/N-ethyl adjacent to an activating group) is 1. The minimum absolute atomic E-state index is 0. The summed E-state index contributed by atoms with van der Waals surface area (Å²) < 4.78 is 34.4. The second-order valence-electron chi connectivity index (χ2n) is 4.36. The average molecular weight is 342 g/mol. The van der Waals surface area contributed by atoms with Gasteiger partial charge in [-0.05, 0) is 12.6 Å². The van der Waals surface area contributed by atoms with Crippen molar-refractivity contribution < 1.29 is 17.9 Å². The molecule has 114 valence electrons. The molecule has 8 heteroatoms. The number of sulfone groups is 1. The largest absolute Gasteiger partial charge is 0.484 e. The molecule has 0 spiro atoms. The maximum Gasteiger partial charge on any atom is 0.180 e. The molecule has 1 aliphatic heterocycles. The zero-order chi connectivity index (χ0) is 14.0. The van der Waals surface area contributed by atoms with E-state index in [0.29, 0.717) is 24.7 Å². The number of rotatable bonds is 4. The second kappa shape index (κ2) is 6.85. The Morgan fingerprint density at radius 2 is 2.15 bits per heavy atom. The zero-order valence-corrected chi connectivity index (χ0v) is 13.6. The van der Waals surface area contributed by atoms with Crippen LogP contribution >= 0.6 is 24.0 Å². The molecule has 0 radical (unpaired) electrons. The molecule has 1 aromatic carbocycles. The lowest BCUT2D eigenvalue weighted by atomic mass is 10.2. The van der Waals surface area contributed by atoms with Crippen LogP contribution in [0.1, 0.15) is 6.92 Å². The summed E-state index contributed by atoms with van der Waals surface area (Å²) in [5.74, 6) is 0.781. The molecule has 5 nitrogen and oxygen atoms in total. The Bertz CT molecular complexity index is 577. The molecule has 1 N–H and O–H groups in total. The number of hydrogen-bond donors (Lipinski definition) is 1. The predicted octanol–water partition coefficient (Wildman–Crippen LogP) is 1.91. The Balaban J connectivity index is 0.00000200. The van der Waals surface area contributed by atoms with Gasteiger partial charge in [-0.15, -0.1) is 12.4 Å². The number of halogens is 2. The molecular formula is C12H17Cl2NO4S. The lowest BCUT2D eigenvalue weighted by Gasteiger charge is -2.27. The molecule has 0 aliphatic carbocycles. The van der Waals surface area contributed by atoms with Crippen LogP contribution in [0.4, 0.5) is 0 Å². The topological polar surface area (TPSA) is 64.6 Å². The Kier molecular flexibility index (Phi) is 5.94. The van der Waals surface area contributed by atoms with Crippen molar-refractivity contribution in [2.24, 2.45) is 0 Å². The molecule has 0 aromatic heterocycles. The summed E-state index contributed by atoms with van der Waals surface area (Å²) in [5.41, 5.74) is 0. The third kappa shape index (κ3) is 3.91.